The smallest absolute Gasteiger partial charge is 0.233 e. The second kappa shape index (κ2) is 7.27. The van der Waals surface area contributed by atoms with E-state index in [1.54, 1.807) is 17.1 Å². The third-order valence-corrected chi connectivity index (χ3v) is 4.30. The van der Waals surface area contributed by atoms with E-state index in [4.69, 9.17) is 0 Å². The minimum Gasteiger partial charge on any atom is -0.338 e. The number of amides is 1. The zero-order chi connectivity index (χ0) is 16.9. The average Bonchev–Trinajstić information content (AvgIpc) is 2.97. The number of aromatic nitrogens is 4. The number of H-pyrrole nitrogens is 1. The van der Waals surface area contributed by atoms with Gasteiger partial charge in [-0.1, -0.05) is 42.1 Å². The van der Waals surface area contributed by atoms with Gasteiger partial charge in [0.1, 0.15) is 5.52 Å². The van der Waals surface area contributed by atoms with E-state index in [0.29, 0.717) is 23.9 Å². The molecule has 1 amide bonds. The topological polar surface area (TPSA) is 74.8 Å². The molecule has 3 rings (SSSR count). The fourth-order valence-electron chi connectivity index (χ4n) is 2.37. The Hall–Kier alpha value is -2.67. The van der Waals surface area contributed by atoms with Gasteiger partial charge in [-0.25, -0.2) is 4.98 Å². The predicted molar refractivity (Wildman–Crippen MR) is 96.9 cm³/mol. The Morgan fingerprint density at radius 2 is 1.96 bits per heavy atom. The zero-order valence-corrected chi connectivity index (χ0v) is 13.9. The average molecular weight is 339 g/mol. The van der Waals surface area contributed by atoms with Crippen LogP contribution in [0.4, 0.5) is 0 Å². The highest BCUT2D eigenvalue weighted by Gasteiger charge is 2.14. The molecule has 0 atom stereocenters. The predicted octanol–water partition coefficient (Wildman–Crippen LogP) is 2.80. The number of nitrogens with one attached hydrogen (secondary N) is 1. The first-order chi connectivity index (χ1) is 11.7. The summed E-state index contributed by atoms with van der Waals surface area (Å²) in [5.74, 6) is 0.231. The van der Waals surface area contributed by atoms with Gasteiger partial charge in [-0.15, -0.1) is 23.4 Å². The lowest BCUT2D eigenvalue weighted by Gasteiger charge is -2.18. The molecule has 0 aliphatic carbocycles. The largest absolute Gasteiger partial charge is 0.338 e. The fraction of sp³-hybridized carbons (Fsp3) is 0.176. The number of para-hydroxylation sites is 1. The van der Waals surface area contributed by atoms with Crippen LogP contribution >= 0.6 is 11.8 Å². The van der Waals surface area contributed by atoms with Crippen LogP contribution in [-0.2, 0) is 4.79 Å². The summed E-state index contributed by atoms with van der Waals surface area (Å²) in [5, 5.41) is 9.83. The number of hydrogen-bond acceptors (Lipinski definition) is 5. The van der Waals surface area contributed by atoms with Crippen LogP contribution in [0.2, 0.25) is 0 Å². The normalized spacial score (nSPS) is 10.8. The van der Waals surface area contributed by atoms with Crippen LogP contribution in [0.3, 0.4) is 0 Å². The van der Waals surface area contributed by atoms with Gasteiger partial charge in [0, 0.05) is 24.0 Å². The maximum Gasteiger partial charge on any atom is 0.233 e. The monoisotopic (exact) mass is 339 g/mol. The van der Waals surface area contributed by atoms with Crippen LogP contribution in [0.25, 0.3) is 22.1 Å². The molecule has 1 N–H and O–H groups in total. The molecule has 122 valence electrons. The SMILES string of the molecule is C=CCN(CC=C)C(=O)CSc1nnc2c(n1)[nH]c1ccccc12. The van der Waals surface area contributed by atoms with Gasteiger partial charge in [-0.05, 0) is 6.07 Å². The number of thioether (sulfide) groups is 1. The van der Waals surface area contributed by atoms with Crippen LogP contribution in [-0.4, -0.2) is 49.8 Å². The molecule has 0 unspecified atom stereocenters. The molecule has 1 aromatic carbocycles. The summed E-state index contributed by atoms with van der Waals surface area (Å²) < 4.78 is 0. The molecule has 0 spiro atoms. The Labute approximate surface area is 143 Å². The van der Waals surface area contributed by atoms with Crippen LogP contribution in [0.1, 0.15) is 0 Å². The van der Waals surface area contributed by atoms with Gasteiger partial charge >= 0.3 is 0 Å². The number of aromatic amines is 1. The molecule has 0 bridgehead atoms. The number of carbonyl (C=O) groups is 1. The third-order valence-electron chi connectivity index (χ3n) is 3.48. The van der Waals surface area contributed by atoms with E-state index in [-0.39, 0.29) is 11.7 Å². The van der Waals surface area contributed by atoms with Gasteiger partial charge in [0.2, 0.25) is 11.1 Å². The number of rotatable bonds is 7. The van der Waals surface area contributed by atoms with Crippen LogP contribution < -0.4 is 0 Å². The summed E-state index contributed by atoms with van der Waals surface area (Å²) >= 11 is 1.27. The molecule has 2 aromatic heterocycles. The van der Waals surface area contributed by atoms with Crippen molar-refractivity contribution in [1.82, 2.24) is 25.1 Å². The van der Waals surface area contributed by atoms with Crippen molar-refractivity contribution in [1.29, 1.82) is 0 Å². The minimum atomic E-state index is -0.0138. The molecule has 0 radical (unpaired) electrons. The summed E-state index contributed by atoms with van der Waals surface area (Å²) in [4.78, 5) is 21.6. The van der Waals surface area contributed by atoms with E-state index in [1.165, 1.54) is 11.8 Å². The van der Waals surface area contributed by atoms with Crippen molar-refractivity contribution in [2.45, 2.75) is 5.16 Å². The van der Waals surface area contributed by atoms with E-state index in [2.05, 4.69) is 33.3 Å². The molecular formula is C17H17N5OS. The maximum absolute atomic E-state index is 12.2. The zero-order valence-electron chi connectivity index (χ0n) is 13.1. The van der Waals surface area contributed by atoms with Gasteiger partial charge in [-0.2, -0.15) is 0 Å². The van der Waals surface area contributed by atoms with Crippen LogP contribution in [0.15, 0.2) is 54.7 Å². The second-order valence-electron chi connectivity index (χ2n) is 5.13. The van der Waals surface area contributed by atoms with E-state index in [9.17, 15) is 4.79 Å². The summed E-state index contributed by atoms with van der Waals surface area (Å²) in [7, 11) is 0. The summed E-state index contributed by atoms with van der Waals surface area (Å²) in [6.45, 7) is 8.31. The lowest BCUT2D eigenvalue weighted by atomic mass is 10.2. The number of carbonyl (C=O) groups excluding carboxylic acids is 1. The Kier molecular flexibility index (Phi) is 4.90. The molecule has 24 heavy (non-hydrogen) atoms. The highest BCUT2D eigenvalue weighted by Crippen LogP contribution is 2.23. The molecule has 7 heteroatoms. The van der Waals surface area contributed by atoms with E-state index in [0.717, 1.165) is 16.4 Å². The van der Waals surface area contributed by atoms with Gasteiger partial charge in [0.25, 0.3) is 0 Å². The Morgan fingerprint density at radius 1 is 1.21 bits per heavy atom. The Bertz CT molecular complexity index is 894. The quantitative estimate of drug-likeness (QED) is 0.529. The van der Waals surface area contributed by atoms with E-state index < -0.39 is 0 Å². The molecule has 2 heterocycles. The third kappa shape index (κ3) is 3.30. The number of hydrogen-bond donors (Lipinski definition) is 1. The van der Waals surface area contributed by atoms with Crippen molar-refractivity contribution in [2.75, 3.05) is 18.8 Å². The number of nitrogens with zero attached hydrogens (tertiary/aromatic N) is 4. The lowest BCUT2D eigenvalue weighted by Crippen LogP contribution is -2.32. The molecule has 6 nitrogen and oxygen atoms in total. The summed E-state index contributed by atoms with van der Waals surface area (Å²) in [5.41, 5.74) is 2.38. The van der Waals surface area contributed by atoms with Gasteiger partial charge in [0.15, 0.2) is 5.65 Å². The van der Waals surface area contributed by atoms with E-state index >= 15 is 0 Å². The Morgan fingerprint density at radius 3 is 2.71 bits per heavy atom. The molecule has 0 aliphatic heterocycles. The molecule has 0 saturated heterocycles. The highest BCUT2D eigenvalue weighted by atomic mass is 32.2. The standard InChI is InChI=1S/C17H17N5OS/c1-3-9-22(10-4-2)14(23)11-24-17-19-16-15(20-21-17)12-7-5-6-8-13(12)18-16/h3-8H,1-2,9-11H2,(H,18,19,21). The molecular weight excluding hydrogens is 322 g/mol. The highest BCUT2D eigenvalue weighted by molar-refractivity contribution is 7.99. The number of benzene rings is 1. The van der Waals surface area contributed by atoms with Crippen molar-refractivity contribution in [3.8, 4) is 0 Å². The van der Waals surface area contributed by atoms with Crippen molar-refractivity contribution in [3.63, 3.8) is 0 Å². The van der Waals surface area contributed by atoms with Gasteiger partial charge < -0.3 is 9.88 Å². The molecule has 3 aromatic rings. The first-order valence-electron chi connectivity index (χ1n) is 7.46. The van der Waals surface area contributed by atoms with Crippen LogP contribution in [0, 0.1) is 0 Å². The first kappa shape index (κ1) is 16.2. The van der Waals surface area contributed by atoms with Crippen molar-refractivity contribution in [2.24, 2.45) is 0 Å². The maximum atomic E-state index is 12.2. The van der Waals surface area contributed by atoms with Crippen LogP contribution in [0.5, 0.6) is 0 Å². The molecule has 0 fully saturated rings. The van der Waals surface area contributed by atoms with Gasteiger partial charge in [0.05, 0.1) is 5.75 Å². The molecule has 0 saturated carbocycles. The lowest BCUT2D eigenvalue weighted by molar-refractivity contribution is -0.127. The summed E-state index contributed by atoms with van der Waals surface area (Å²) in [6, 6.07) is 7.85. The van der Waals surface area contributed by atoms with E-state index in [1.807, 2.05) is 24.3 Å². The number of fused-ring (bicyclic) bond motifs is 3. The minimum absolute atomic E-state index is 0.0138. The van der Waals surface area contributed by atoms with Crippen molar-refractivity contribution < 1.29 is 4.79 Å². The second-order valence-corrected chi connectivity index (χ2v) is 6.07. The fourth-order valence-corrected chi connectivity index (χ4v) is 3.06. The van der Waals surface area contributed by atoms with Crippen molar-refractivity contribution >= 4 is 39.7 Å². The summed E-state index contributed by atoms with van der Waals surface area (Å²) in [6.07, 6.45) is 3.39. The van der Waals surface area contributed by atoms with Gasteiger partial charge in [-0.3, -0.25) is 4.79 Å². The first-order valence-corrected chi connectivity index (χ1v) is 8.45. The Balaban J connectivity index is 1.75. The van der Waals surface area contributed by atoms with Crippen molar-refractivity contribution in [3.05, 3.63) is 49.6 Å². The molecule has 0 aliphatic rings.